The number of fused-ring (bicyclic) bond motifs is 2. The van der Waals surface area contributed by atoms with Gasteiger partial charge >= 0.3 is 5.97 Å². The predicted molar refractivity (Wildman–Crippen MR) is 95.1 cm³/mol. The largest absolute Gasteiger partial charge is 0.462 e. The molecule has 0 bridgehead atoms. The van der Waals surface area contributed by atoms with Crippen LogP contribution in [0.2, 0.25) is 0 Å². The van der Waals surface area contributed by atoms with E-state index in [9.17, 15) is 4.79 Å². The molecule has 0 N–H and O–H groups in total. The number of nitrogens with zero attached hydrogens (tertiary/aromatic N) is 1. The monoisotopic (exact) mass is 347 g/mol. The van der Waals surface area contributed by atoms with E-state index in [1.807, 2.05) is 0 Å². The average molecular weight is 347 g/mol. The Morgan fingerprint density at radius 3 is 2.68 bits per heavy atom. The van der Waals surface area contributed by atoms with Gasteiger partial charge in [0.15, 0.2) is 0 Å². The van der Waals surface area contributed by atoms with E-state index in [-0.39, 0.29) is 35.1 Å². The molecule has 3 aliphatic heterocycles. The normalized spacial score (nSPS) is 52.6. The van der Waals surface area contributed by atoms with Crippen molar-refractivity contribution in [3.63, 3.8) is 0 Å². The van der Waals surface area contributed by atoms with E-state index in [2.05, 4.69) is 18.7 Å². The molecule has 5 aliphatic rings. The van der Waals surface area contributed by atoms with Gasteiger partial charge in [-0.1, -0.05) is 33.1 Å². The summed E-state index contributed by atoms with van der Waals surface area (Å²) in [5.74, 6) is 1.00. The number of esters is 1. The highest BCUT2D eigenvalue weighted by atomic mass is 16.6. The average Bonchev–Trinajstić information content (AvgIpc) is 3.30. The molecule has 2 saturated carbocycles. The van der Waals surface area contributed by atoms with Crippen LogP contribution in [0.15, 0.2) is 0 Å². The summed E-state index contributed by atoms with van der Waals surface area (Å²) in [6.07, 6.45) is 10.4. The third-order valence-corrected chi connectivity index (χ3v) is 8.35. The summed E-state index contributed by atoms with van der Waals surface area (Å²) >= 11 is 0. The molecule has 0 aromatic heterocycles. The van der Waals surface area contributed by atoms with Gasteiger partial charge in [-0.2, -0.15) is 0 Å². The summed E-state index contributed by atoms with van der Waals surface area (Å²) in [6, 6.07) is 0. The van der Waals surface area contributed by atoms with Gasteiger partial charge in [0.1, 0.15) is 11.7 Å². The van der Waals surface area contributed by atoms with Crippen LogP contribution >= 0.6 is 0 Å². The van der Waals surface area contributed by atoms with Crippen molar-refractivity contribution in [1.82, 2.24) is 4.90 Å². The second-order valence-electron chi connectivity index (χ2n) is 9.76. The maximum Gasteiger partial charge on any atom is 0.311 e. The van der Waals surface area contributed by atoms with Crippen LogP contribution in [0.5, 0.6) is 0 Å². The summed E-state index contributed by atoms with van der Waals surface area (Å²) in [5.41, 5.74) is 0.242. The molecule has 0 amide bonds. The molecule has 4 nitrogen and oxygen atoms in total. The van der Waals surface area contributed by atoms with Gasteiger partial charge in [0.25, 0.3) is 0 Å². The second-order valence-corrected chi connectivity index (χ2v) is 9.76. The molecule has 5 fully saturated rings. The Labute approximate surface area is 151 Å². The van der Waals surface area contributed by atoms with Crippen molar-refractivity contribution in [3.05, 3.63) is 0 Å². The fourth-order valence-electron chi connectivity index (χ4n) is 7.04. The number of hydrogen-bond donors (Lipinski definition) is 0. The van der Waals surface area contributed by atoms with Crippen LogP contribution in [-0.2, 0) is 14.3 Å². The van der Waals surface area contributed by atoms with Crippen molar-refractivity contribution in [1.29, 1.82) is 0 Å². The van der Waals surface area contributed by atoms with E-state index < -0.39 is 0 Å². The minimum atomic E-state index is 0.0335. The molecule has 140 valence electrons. The first-order valence-corrected chi connectivity index (χ1v) is 10.7. The number of hydrogen-bond acceptors (Lipinski definition) is 4. The molecule has 5 rings (SSSR count). The van der Waals surface area contributed by atoms with Crippen LogP contribution in [0.4, 0.5) is 0 Å². The van der Waals surface area contributed by atoms with E-state index in [1.165, 1.54) is 44.9 Å². The third kappa shape index (κ3) is 2.29. The van der Waals surface area contributed by atoms with Gasteiger partial charge in [-0.05, 0) is 51.1 Å². The van der Waals surface area contributed by atoms with Gasteiger partial charge < -0.3 is 14.4 Å². The SMILES string of the molecule is CC1CCCC2(C)CC3OC(=O)C(CN4CCCCCC4)C3C3OC132. The van der Waals surface area contributed by atoms with Crippen LogP contribution in [-0.4, -0.2) is 48.3 Å². The Bertz CT molecular complexity index is 557. The lowest BCUT2D eigenvalue weighted by Crippen LogP contribution is -2.54. The van der Waals surface area contributed by atoms with Gasteiger partial charge in [-0.15, -0.1) is 0 Å². The minimum absolute atomic E-state index is 0.0335. The number of ether oxygens (including phenoxy) is 2. The number of rotatable bonds is 2. The zero-order valence-corrected chi connectivity index (χ0v) is 15.8. The lowest BCUT2D eigenvalue weighted by molar-refractivity contribution is -0.146. The van der Waals surface area contributed by atoms with Gasteiger partial charge in [0.2, 0.25) is 0 Å². The van der Waals surface area contributed by atoms with Crippen LogP contribution in [0.1, 0.15) is 65.2 Å². The Hall–Kier alpha value is -0.610. The predicted octanol–water partition coefficient (Wildman–Crippen LogP) is 3.39. The molecule has 25 heavy (non-hydrogen) atoms. The fraction of sp³-hybridized carbons (Fsp3) is 0.952. The second kappa shape index (κ2) is 5.69. The van der Waals surface area contributed by atoms with E-state index in [1.54, 1.807) is 0 Å². The van der Waals surface area contributed by atoms with E-state index >= 15 is 0 Å². The molecule has 7 atom stereocenters. The Morgan fingerprint density at radius 2 is 1.92 bits per heavy atom. The highest BCUT2D eigenvalue weighted by molar-refractivity contribution is 5.76. The third-order valence-electron chi connectivity index (χ3n) is 8.35. The smallest absolute Gasteiger partial charge is 0.311 e. The number of epoxide rings is 1. The van der Waals surface area contributed by atoms with Crippen molar-refractivity contribution in [2.45, 2.75) is 83.0 Å². The van der Waals surface area contributed by atoms with Crippen molar-refractivity contribution < 1.29 is 14.3 Å². The summed E-state index contributed by atoms with van der Waals surface area (Å²) in [6.45, 7) is 7.95. The van der Waals surface area contributed by atoms with Crippen LogP contribution < -0.4 is 0 Å². The van der Waals surface area contributed by atoms with Crippen molar-refractivity contribution >= 4 is 5.97 Å². The Morgan fingerprint density at radius 1 is 1.16 bits per heavy atom. The highest BCUT2D eigenvalue weighted by Gasteiger charge is 2.78. The number of carbonyl (C=O) groups excluding carboxylic acids is 1. The molecule has 3 saturated heterocycles. The molecular weight excluding hydrogens is 314 g/mol. The summed E-state index contributed by atoms with van der Waals surface area (Å²) in [4.78, 5) is 15.3. The molecule has 2 aliphatic carbocycles. The minimum Gasteiger partial charge on any atom is -0.462 e. The molecule has 0 radical (unpaired) electrons. The van der Waals surface area contributed by atoms with Crippen molar-refractivity contribution in [3.8, 4) is 0 Å². The van der Waals surface area contributed by atoms with E-state index in [4.69, 9.17) is 9.47 Å². The standard InChI is InChI=1S/C21H33NO3/c1-14-8-7-9-20(2)12-16-17(18-21(14,20)25-18)15(19(23)24-16)13-22-10-5-3-4-6-11-22/h14-18H,3-13H2,1-2H3. The zero-order chi connectivity index (χ0) is 17.2. The molecule has 1 spiro atoms. The Balaban J connectivity index is 1.38. The highest BCUT2D eigenvalue weighted by Crippen LogP contribution is 2.70. The van der Waals surface area contributed by atoms with Crippen LogP contribution in [0, 0.1) is 23.2 Å². The van der Waals surface area contributed by atoms with Gasteiger partial charge in [-0.3, -0.25) is 4.79 Å². The van der Waals surface area contributed by atoms with Crippen molar-refractivity contribution in [2.24, 2.45) is 23.2 Å². The first kappa shape index (κ1) is 16.6. The summed E-state index contributed by atoms with van der Waals surface area (Å²) in [7, 11) is 0. The van der Waals surface area contributed by atoms with Crippen LogP contribution in [0.25, 0.3) is 0 Å². The van der Waals surface area contributed by atoms with Gasteiger partial charge in [0.05, 0.1) is 12.0 Å². The van der Waals surface area contributed by atoms with Crippen LogP contribution in [0.3, 0.4) is 0 Å². The molecular formula is C21H33NO3. The first-order valence-electron chi connectivity index (χ1n) is 10.7. The van der Waals surface area contributed by atoms with Gasteiger partial charge in [0, 0.05) is 17.9 Å². The lowest BCUT2D eigenvalue weighted by atomic mass is 9.53. The Kier molecular flexibility index (Phi) is 3.77. The first-order chi connectivity index (χ1) is 12.1. The molecule has 0 aromatic carbocycles. The molecule has 7 unspecified atom stereocenters. The molecule has 3 heterocycles. The maximum atomic E-state index is 12.7. The number of carbonyl (C=O) groups is 1. The maximum absolute atomic E-state index is 12.7. The van der Waals surface area contributed by atoms with Crippen molar-refractivity contribution in [2.75, 3.05) is 19.6 Å². The molecule has 0 aromatic rings. The lowest BCUT2D eigenvalue weighted by Gasteiger charge is -2.49. The summed E-state index contributed by atoms with van der Waals surface area (Å²) in [5, 5.41) is 0. The quantitative estimate of drug-likeness (QED) is 0.567. The van der Waals surface area contributed by atoms with Gasteiger partial charge in [-0.25, -0.2) is 0 Å². The number of likely N-dealkylation sites (tertiary alicyclic amines) is 1. The summed E-state index contributed by atoms with van der Waals surface area (Å²) < 4.78 is 12.5. The topological polar surface area (TPSA) is 42.1 Å². The fourth-order valence-corrected chi connectivity index (χ4v) is 7.04. The zero-order valence-electron chi connectivity index (χ0n) is 15.8. The molecule has 4 heteroatoms. The van der Waals surface area contributed by atoms with E-state index in [0.717, 1.165) is 26.1 Å². The van der Waals surface area contributed by atoms with E-state index in [0.29, 0.717) is 11.8 Å².